The van der Waals surface area contributed by atoms with Gasteiger partial charge in [-0.15, -0.1) is 11.1 Å². The largest absolute Gasteiger partial charge is 1.00 e. The molecule has 0 spiro atoms. The van der Waals surface area contributed by atoms with Crippen molar-refractivity contribution in [2.75, 3.05) is 0 Å². The van der Waals surface area contributed by atoms with Gasteiger partial charge in [0.05, 0.1) is 0 Å². The van der Waals surface area contributed by atoms with E-state index in [4.69, 9.17) is 11.1 Å². The Bertz CT molecular complexity index is 139. The molecule has 76 valence electrons. The van der Waals surface area contributed by atoms with E-state index in [1.807, 2.05) is 0 Å². The Morgan fingerprint density at radius 3 is 1.67 bits per heavy atom. The molecule has 0 bridgehead atoms. The van der Waals surface area contributed by atoms with Crippen molar-refractivity contribution in [3.63, 3.8) is 0 Å². The Kier molecular flexibility index (Phi) is 4.01. The third kappa shape index (κ3) is 3.58. The Labute approximate surface area is 91.2 Å². The second-order valence-electron chi connectivity index (χ2n) is 4.90. The number of nitrogens with two attached hydrogens (primary N) is 1. The Balaban J connectivity index is 0.00000121. The maximum atomic E-state index is 5.93. The first-order valence-electron chi connectivity index (χ1n) is 4.30. The van der Waals surface area contributed by atoms with E-state index < -0.39 is 0 Å². The van der Waals surface area contributed by atoms with E-state index in [1.165, 1.54) is 0 Å². The minimum Gasteiger partial charge on any atom is -0.652 e. The second kappa shape index (κ2) is 3.81. The van der Waals surface area contributed by atoms with Crippen molar-refractivity contribution in [1.29, 1.82) is 0 Å². The third-order valence-electron chi connectivity index (χ3n) is 2.13. The molecular formula is C9H19AgN2. The van der Waals surface area contributed by atoms with Crippen LogP contribution >= 0.6 is 0 Å². The smallest absolute Gasteiger partial charge is 0.652 e. The SMILES string of the molecule is CC1(C)CC(N)CC(C)(C)[N-]1.[Ag+]. The molecule has 0 aliphatic carbocycles. The van der Waals surface area contributed by atoms with E-state index in [0.29, 0.717) is 6.04 Å². The van der Waals surface area contributed by atoms with E-state index in [0.717, 1.165) is 12.8 Å². The molecule has 0 amide bonds. The van der Waals surface area contributed by atoms with Gasteiger partial charge in [0.2, 0.25) is 0 Å². The predicted octanol–water partition coefficient (Wildman–Crippen LogP) is 2.04. The van der Waals surface area contributed by atoms with Gasteiger partial charge in [-0.2, -0.15) is 0 Å². The number of nitrogens with zero attached hydrogens (tertiary/aromatic N) is 1. The Morgan fingerprint density at radius 2 is 1.42 bits per heavy atom. The Morgan fingerprint density at radius 1 is 1.08 bits per heavy atom. The molecule has 0 aromatic carbocycles. The minimum atomic E-state index is 0. The van der Waals surface area contributed by atoms with Gasteiger partial charge >= 0.3 is 22.4 Å². The van der Waals surface area contributed by atoms with Crippen LogP contribution in [0.3, 0.4) is 0 Å². The topological polar surface area (TPSA) is 40.1 Å². The van der Waals surface area contributed by atoms with E-state index in [1.54, 1.807) is 0 Å². The number of piperidine rings is 1. The van der Waals surface area contributed by atoms with Crippen LogP contribution in [0.15, 0.2) is 0 Å². The van der Waals surface area contributed by atoms with Crippen LogP contribution in [-0.4, -0.2) is 17.1 Å². The van der Waals surface area contributed by atoms with Gasteiger partial charge in [0.1, 0.15) is 0 Å². The van der Waals surface area contributed by atoms with Crippen LogP contribution < -0.4 is 5.73 Å². The van der Waals surface area contributed by atoms with E-state index >= 15 is 0 Å². The molecule has 0 unspecified atom stereocenters. The number of hydrogen-bond donors (Lipinski definition) is 1. The van der Waals surface area contributed by atoms with Crippen LogP contribution in [0.25, 0.3) is 5.32 Å². The van der Waals surface area contributed by atoms with Crippen molar-refractivity contribution < 1.29 is 22.4 Å². The molecule has 3 heteroatoms. The molecule has 2 N–H and O–H groups in total. The number of rotatable bonds is 0. The fourth-order valence-corrected chi connectivity index (χ4v) is 2.27. The average molecular weight is 263 g/mol. The van der Waals surface area contributed by atoms with Crippen molar-refractivity contribution in [3.8, 4) is 0 Å². The molecule has 0 radical (unpaired) electrons. The van der Waals surface area contributed by atoms with Crippen molar-refractivity contribution in [3.05, 3.63) is 5.32 Å². The van der Waals surface area contributed by atoms with Gasteiger partial charge in [0.25, 0.3) is 0 Å². The third-order valence-corrected chi connectivity index (χ3v) is 2.13. The maximum absolute atomic E-state index is 5.93. The summed E-state index contributed by atoms with van der Waals surface area (Å²) in [7, 11) is 0. The molecule has 12 heavy (non-hydrogen) atoms. The van der Waals surface area contributed by atoms with Crippen LogP contribution in [-0.2, 0) is 22.4 Å². The van der Waals surface area contributed by atoms with Gasteiger partial charge in [-0.1, -0.05) is 40.5 Å². The van der Waals surface area contributed by atoms with Crippen molar-refractivity contribution in [1.82, 2.24) is 0 Å². The maximum Gasteiger partial charge on any atom is 1.00 e. The summed E-state index contributed by atoms with van der Waals surface area (Å²) in [5, 5.41) is 4.72. The van der Waals surface area contributed by atoms with Crippen molar-refractivity contribution >= 4 is 0 Å². The standard InChI is InChI=1S/C9H19N2.Ag/c1-8(2)5-7(10)6-9(3,4)11-8;/h7H,5-6,10H2,1-4H3;/q-1;+1. The van der Waals surface area contributed by atoms with Gasteiger partial charge in [0.15, 0.2) is 0 Å². The molecule has 0 atom stereocenters. The van der Waals surface area contributed by atoms with Gasteiger partial charge in [-0.25, -0.2) is 0 Å². The summed E-state index contributed by atoms with van der Waals surface area (Å²) in [5.74, 6) is 0. The molecule has 1 aliphatic rings. The molecule has 1 fully saturated rings. The molecular weight excluding hydrogens is 244 g/mol. The van der Waals surface area contributed by atoms with Gasteiger partial charge in [0, 0.05) is 6.04 Å². The first kappa shape index (κ1) is 12.7. The summed E-state index contributed by atoms with van der Waals surface area (Å²) in [6.45, 7) is 8.64. The summed E-state index contributed by atoms with van der Waals surface area (Å²) in [4.78, 5) is 0. The van der Waals surface area contributed by atoms with Gasteiger partial charge in [-0.3, -0.25) is 0 Å². The Hall–Kier alpha value is 0.660. The van der Waals surface area contributed by atoms with Gasteiger partial charge in [-0.05, 0) is 0 Å². The monoisotopic (exact) mass is 262 g/mol. The van der Waals surface area contributed by atoms with E-state index in [9.17, 15) is 0 Å². The van der Waals surface area contributed by atoms with Crippen LogP contribution in [0, 0.1) is 0 Å². The normalized spacial score (nSPS) is 27.8. The van der Waals surface area contributed by atoms with Crippen LogP contribution in [0.4, 0.5) is 0 Å². The molecule has 1 rings (SSSR count). The first-order chi connectivity index (χ1) is 4.81. The van der Waals surface area contributed by atoms with Gasteiger partial charge < -0.3 is 11.1 Å². The zero-order valence-corrected chi connectivity index (χ0v) is 9.80. The molecule has 0 aromatic heterocycles. The summed E-state index contributed by atoms with van der Waals surface area (Å²) in [5.41, 5.74) is 6.09. The van der Waals surface area contributed by atoms with Crippen LogP contribution in [0.2, 0.25) is 0 Å². The fraction of sp³-hybridized carbons (Fsp3) is 1.00. The molecule has 1 aliphatic heterocycles. The average Bonchev–Trinajstić information content (AvgIpc) is 1.49. The van der Waals surface area contributed by atoms with Crippen LogP contribution in [0.1, 0.15) is 40.5 Å². The summed E-state index contributed by atoms with van der Waals surface area (Å²) in [6, 6.07) is 0.331. The quantitative estimate of drug-likeness (QED) is 0.667. The predicted molar refractivity (Wildman–Crippen MR) is 48.7 cm³/mol. The summed E-state index contributed by atoms with van der Waals surface area (Å²) < 4.78 is 0. The van der Waals surface area contributed by atoms with Crippen molar-refractivity contribution in [2.45, 2.75) is 57.7 Å². The summed E-state index contributed by atoms with van der Waals surface area (Å²) in [6.07, 6.45) is 2.05. The minimum absolute atomic E-state index is 0. The molecule has 2 nitrogen and oxygen atoms in total. The molecule has 0 saturated carbocycles. The van der Waals surface area contributed by atoms with E-state index in [2.05, 4.69) is 27.7 Å². The number of hydrogen-bond acceptors (Lipinski definition) is 1. The molecule has 1 heterocycles. The summed E-state index contributed by atoms with van der Waals surface area (Å²) >= 11 is 0. The fourth-order valence-electron chi connectivity index (χ4n) is 2.27. The van der Waals surface area contributed by atoms with Crippen molar-refractivity contribution in [2.24, 2.45) is 5.73 Å². The van der Waals surface area contributed by atoms with Crippen LogP contribution in [0.5, 0.6) is 0 Å². The second-order valence-corrected chi connectivity index (χ2v) is 4.90. The zero-order valence-electron chi connectivity index (χ0n) is 8.32. The molecule has 0 aromatic rings. The first-order valence-corrected chi connectivity index (χ1v) is 4.30. The van der Waals surface area contributed by atoms with E-state index in [-0.39, 0.29) is 33.5 Å². The molecule has 1 saturated heterocycles. The zero-order chi connectivity index (χ0) is 8.70.